The average Bonchev–Trinajstić information content (AvgIpc) is 3.18. The van der Waals surface area contributed by atoms with Gasteiger partial charge in [0.2, 0.25) is 0 Å². The Morgan fingerprint density at radius 2 is 2.12 bits per heavy atom. The minimum absolute atomic E-state index is 0.0331. The van der Waals surface area contributed by atoms with Crippen molar-refractivity contribution in [1.82, 2.24) is 15.3 Å². The molecule has 0 radical (unpaired) electrons. The second kappa shape index (κ2) is 8.10. The number of carbonyl (C=O) groups is 2. The summed E-state index contributed by atoms with van der Waals surface area (Å²) in [6.45, 7) is 1.31. The molecule has 2 bridgehead atoms. The van der Waals surface area contributed by atoms with Crippen molar-refractivity contribution in [3.63, 3.8) is 0 Å². The lowest BCUT2D eigenvalue weighted by molar-refractivity contribution is 0.0845. The molecule has 0 aromatic carbocycles. The Morgan fingerprint density at radius 3 is 2.88 bits per heavy atom. The number of hydrogen-bond acceptors (Lipinski definition) is 7. The van der Waals surface area contributed by atoms with E-state index >= 15 is 0 Å². The van der Waals surface area contributed by atoms with Gasteiger partial charge in [-0.3, -0.25) is 15.0 Å². The fourth-order valence-electron chi connectivity index (χ4n) is 4.10. The first-order valence-corrected chi connectivity index (χ1v) is 10.6. The Hall–Kier alpha value is -3.54. The monoisotopic (exact) mass is 460 g/mol. The van der Waals surface area contributed by atoms with Gasteiger partial charge >= 0.3 is 6.03 Å². The van der Waals surface area contributed by atoms with Gasteiger partial charge in [-0.25, -0.2) is 23.5 Å². The van der Waals surface area contributed by atoms with Crippen molar-refractivity contribution in [2.45, 2.75) is 30.8 Å². The molecule has 12 heteroatoms. The predicted octanol–water partition coefficient (Wildman–Crippen LogP) is 1.62. The van der Waals surface area contributed by atoms with Crippen LogP contribution in [0, 0.1) is 0 Å². The van der Waals surface area contributed by atoms with Gasteiger partial charge < -0.3 is 20.1 Å². The van der Waals surface area contributed by atoms with Gasteiger partial charge in [-0.2, -0.15) is 0 Å². The summed E-state index contributed by atoms with van der Waals surface area (Å²) in [5, 5.41) is 13.9. The molecule has 33 heavy (non-hydrogen) atoms. The molecule has 10 nitrogen and oxygen atoms in total. The number of nitrogens with one attached hydrogen (secondary N) is 2. The molecule has 5 rings (SSSR count). The molecule has 174 valence electrons. The van der Waals surface area contributed by atoms with Gasteiger partial charge in [0.1, 0.15) is 23.9 Å². The van der Waals surface area contributed by atoms with Crippen LogP contribution >= 0.6 is 0 Å². The Labute approximate surface area is 187 Å². The molecule has 1 aliphatic carbocycles. The molecule has 1 saturated heterocycles. The van der Waals surface area contributed by atoms with Crippen LogP contribution in [0.25, 0.3) is 0 Å². The Balaban J connectivity index is 1.38. The zero-order valence-corrected chi connectivity index (χ0v) is 17.5. The van der Waals surface area contributed by atoms with Crippen molar-refractivity contribution < 1.29 is 28.2 Å². The standard InChI is InChI=1S/C21H22F2N6O4/c22-21(23)10-16(21)26-19(31)14-1-2-15-18(25-14)29(12-4-6-28(15)11-12)20(32)27-17-9-13(3-5-24-17)33-8-7-30/h1-3,5,9,12,16,30H,4,6-8,10-11H2,(H,26,31)(H,24,27,32)/t12-,16+/m0/s1. The summed E-state index contributed by atoms with van der Waals surface area (Å²) in [6.07, 6.45) is 1.80. The van der Waals surface area contributed by atoms with Gasteiger partial charge in [0, 0.05) is 31.8 Å². The van der Waals surface area contributed by atoms with Crippen molar-refractivity contribution in [2.75, 3.05) is 41.4 Å². The van der Waals surface area contributed by atoms with E-state index in [1.54, 1.807) is 12.1 Å². The van der Waals surface area contributed by atoms with Crippen molar-refractivity contribution >= 4 is 29.3 Å². The van der Waals surface area contributed by atoms with Crippen molar-refractivity contribution in [1.29, 1.82) is 0 Å². The van der Waals surface area contributed by atoms with Gasteiger partial charge in [-0.1, -0.05) is 0 Å². The van der Waals surface area contributed by atoms with Crippen LogP contribution in [0.5, 0.6) is 5.75 Å². The molecule has 2 aromatic heterocycles. The van der Waals surface area contributed by atoms with E-state index in [1.165, 1.54) is 23.2 Å². The summed E-state index contributed by atoms with van der Waals surface area (Å²) in [5.74, 6) is -2.60. The van der Waals surface area contributed by atoms with Gasteiger partial charge in [0.15, 0.2) is 5.82 Å². The molecule has 0 unspecified atom stereocenters. The highest BCUT2D eigenvalue weighted by Gasteiger charge is 2.58. The molecular weight excluding hydrogens is 438 g/mol. The number of aromatic nitrogens is 2. The van der Waals surface area contributed by atoms with E-state index in [0.717, 1.165) is 6.54 Å². The molecule has 1 saturated carbocycles. The third kappa shape index (κ3) is 4.13. The summed E-state index contributed by atoms with van der Waals surface area (Å²) in [4.78, 5) is 37.8. The first kappa shape index (κ1) is 21.3. The number of fused-ring (bicyclic) bond motifs is 4. The number of amides is 3. The molecule has 3 amide bonds. The molecule has 3 N–H and O–H groups in total. The highest BCUT2D eigenvalue weighted by atomic mass is 19.3. The first-order chi connectivity index (χ1) is 15.9. The summed E-state index contributed by atoms with van der Waals surface area (Å²) in [5.41, 5.74) is 0.662. The summed E-state index contributed by atoms with van der Waals surface area (Å²) < 4.78 is 31.7. The lowest BCUT2D eigenvalue weighted by Gasteiger charge is -2.35. The molecule has 2 fully saturated rings. The van der Waals surface area contributed by atoms with Crippen LogP contribution in [0.3, 0.4) is 0 Å². The number of halogens is 2. The zero-order valence-electron chi connectivity index (χ0n) is 17.5. The van der Waals surface area contributed by atoms with Crippen molar-refractivity contribution in [3.8, 4) is 5.75 Å². The third-order valence-corrected chi connectivity index (χ3v) is 5.86. The van der Waals surface area contributed by atoms with E-state index in [-0.39, 0.29) is 37.2 Å². The van der Waals surface area contributed by atoms with Gasteiger partial charge in [0.25, 0.3) is 11.8 Å². The van der Waals surface area contributed by atoms with Crippen LogP contribution in [0.15, 0.2) is 30.5 Å². The topological polar surface area (TPSA) is 120 Å². The SMILES string of the molecule is O=C(N[C@@H]1CC1(F)F)c1ccc2c(n1)N(C(=O)Nc1cc(OCCO)ccn1)[C@H]1CCN2C1. The second-order valence-corrected chi connectivity index (χ2v) is 8.17. The van der Waals surface area contributed by atoms with Gasteiger partial charge in [-0.15, -0.1) is 0 Å². The number of urea groups is 1. The Morgan fingerprint density at radius 1 is 1.30 bits per heavy atom. The van der Waals surface area contributed by atoms with E-state index in [4.69, 9.17) is 9.84 Å². The molecule has 2 aromatic rings. The van der Waals surface area contributed by atoms with Crippen LogP contribution in [0.1, 0.15) is 23.3 Å². The molecule has 2 atom stereocenters. The van der Waals surface area contributed by atoms with Crippen LogP contribution in [-0.2, 0) is 0 Å². The zero-order chi connectivity index (χ0) is 23.2. The third-order valence-electron chi connectivity index (χ3n) is 5.86. The number of anilines is 3. The van der Waals surface area contributed by atoms with Gasteiger partial charge in [0.05, 0.1) is 24.4 Å². The maximum atomic E-state index is 13.2. The van der Waals surface area contributed by atoms with E-state index in [0.29, 0.717) is 30.2 Å². The fraction of sp³-hybridized carbons (Fsp3) is 0.429. The number of hydrogen-bond donors (Lipinski definition) is 3. The van der Waals surface area contributed by atoms with E-state index in [9.17, 15) is 18.4 Å². The summed E-state index contributed by atoms with van der Waals surface area (Å²) in [6, 6.07) is 4.48. The number of nitrogens with zero attached hydrogens (tertiary/aromatic N) is 4. The van der Waals surface area contributed by atoms with Crippen LogP contribution in [0.4, 0.5) is 30.9 Å². The van der Waals surface area contributed by atoms with E-state index in [2.05, 4.69) is 25.5 Å². The number of carbonyl (C=O) groups excluding carboxylic acids is 2. The quantitative estimate of drug-likeness (QED) is 0.599. The summed E-state index contributed by atoms with van der Waals surface area (Å²) in [7, 11) is 0. The number of aliphatic hydroxyl groups excluding tert-OH is 1. The smallest absolute Gasteiger partial charge is 0.329 e. The maximum absolute atomic E-state index is 13.2. The number of rotatable bonds is 6. The van der Waals surface area contributed by atoms with Gasteiger partial charge in [-0.05, 0) is 24.6 Å². The number of pyridine rings is 2. The number of alkyl halides is 2. The average molecular weight is 460 g/mol. The highest BCUT2D eigenvalue weighted by molar-refractivity contribution is 6.05. The number of ether oxygens (including phenoxy) is 1. The number of aliphatic hydroxyl groups is 1. The molecule has 2 aliphatic heterocycles. The van der Waals surface area contributed by atoms with Crippen LogP contribution < -0.4 is 25.2 Å². The largest absolute Gasteiger partial charge is 0.491 e. The minimum Gasteiger partial charge on any atom is -0.491 e. The van der Waals surface area contributed by atoms with Crippen LogP contribution in [-0.4, -0.2) is 71.3 Å². The van der Waals surface area contributed by atoms with E-state index in [1.807, 2.05) is 0 Å². The lowest BCUT2D eigenvalue weighted by atomic mass is 10.1. The van der Waals surface area contributed by atoms with E-state index < -0.39 is 23.9 Å². The van der Waals surface area contributed by atoms with Crippen molar-refractivity contribution in [2.24, 2.45) is 0 Å². The first-order valence-electron chi connectivity index (χ1n) is 10.6. The Kier molecular flexibility index (Phi) is 5.23. The second-order valence-electron chi connectivity index (χ2n) is 8.17. The summed E-state index contributed by atoms with van der Waals surface area (Å²) >= 11 is 0. The lowest BCUT2D eigenvalue weighted by Crippen LogP contribution is -2.48. The molecular formula is C21H22F2N6O4. The normalized spacial score (nSPS) is 21.9. The predicted molar refractivity (Wildman–Crippen MR) is 114 cm³/mol. The fourth-order valence-corrected chi connectivity index (χ4v) is 4.10. The highest BCUT2D eigenvalue weighted by Crippen LogP contribution is 2.42. The maximum Gasteiger partial charge on any atom is 0.329 e. The molecule has 0 spiro atoms. The van der Waals surface area contributed by atoms with Crippen molar-refractivity contribution in [3.05, 3.63) is 36.2 Å². The minimum atomic E-state index is -2.89. The van der Waals surface area contributed by atoms with Crippen LogP contribution in [0.2, 0.25) is 0 Å². The molecule has 4 heterocycles. The Bertz CT molecular complexity index is 1100. The molecule has 3 aliphatic rings.